The molecule has 0 radical (unpaired) electrons. The summed E-state index contributed by atoms with van der Waals surface area (Å²) in [5, 5.41) is 0. The molecule has 1 heterocycles. The van der Waals surface area contributed by atoms with Gasteiger partial charge in [0.15, 0.2) is 0 Å². The summed E-state index contributed by atoms with van der Waals surface area (Å²) in [7, 11) is -2.97. The van der Waals surface area contributed by atoms with E-state index in [0.717, 1.165) is 11.3 Å². The largest absolute Gasteiger partial charge is 0.489 e. The van der Waals surface area contributed by atoms with Crippen LogP contribution in [0, 0.1) is 0 Å². The first kappa shape index (κ1) is 20.4. The maximum atomic E-state index is 13.0. The van der Waals surface area contributed by atoms with Gasteiger partial charge in [-0.15, -0.1) is 0 Å². The first-order valence-corrected chi connectivity index (χ1v) is 11.4. The molecule has 1 aliphatic heterocycles. The molecule has 150 valence electrons. The zero-order valence-corrected chi connectivity index (χ0v) is 16.9. The average molecular weight is 403 g/mol. The van der Waals surface area contributed by atoms with E-state index in [2.05, 4.69) is 4.90 Å². The van der Waals surface area contributed by atoms with Crippen molar-refractivity contribution in [1.82, 2.24) is 9.80 Å². The second-order valence-corrected chi connectivity index (χ2v) is 9.28. The standard InChI is InChI=1S/C21H26N2O4S/c1-28(25,26)16-15-22-11-13-23(14-12-22)21(24)20-10-6-5-7-18(20)17-27-19-8-3-2-4-9-19/h2-10H,11-17H2,1H3. The molecule has 0 spiro atoms. The molecule has 1 fully saturated rings. The normalized spacial score (nSPS) is 15.4. The molecule has 0 atom stereocenters. The van der Waals surface area contributed by atoms with Gasteiger partial charge < -0.3 is 9.64 Å². The Morgan fingerprint density at radius 1 is 0.964 bits per heavy atom. The summed E-state index contributed by atoms with van der Waals surface area (Å²) < 4.78 is 28.5. The van der Waals surface area contributed by atoms with Crippen molar-refractivity contribution in [2.75, 3.05) is 44.7 Å². The van der Waals surface area contributed by atoms with Crippen LogP contribution in [0.3, 0.4) is 0 Å². The summed E-state index contributed by atoms with van der Waals surface area (Å²) in [5.74, 6) is 0.917. The maximum absolute atomic E-state index is 13.0. The van der Waals surface area contributed by atoms with Crippen molar-refractivity contribution in [1.29, 1.82) is 0 Å². The van der Waals surface area contributed by atoms with Crippen LogP contribution in [0.25, 0.3) is 0 Å². The van der Waals surface area contributed by atoms with E-state index < -0.39 is 9.84 Å². The molecule has 6 nitrogen and oxygen atoms in total. The van der Waals surface area contributed by atoms with Gasteiger partial charge in [-0.25, -0.2) is 8.42 Å². The van der Waals surface area contributed by atoms with Crippen LogP contribution in [0.15, 0.2) is 54.6 Å². The van der Waals surface area contributed by atoms with E-state index >= 15 is 0 Å². The quantitative estimate of drug-likeness (QED) is 0.709. The number of hydrogen-bond donors (Lipinski definition) is 0. The minimum Gasteiger partial charge on any atom is -0.489 e. The Balaban J connectivity index is 1.59. The zero-order valence-electron chi connectivity index (χ0n) is 16.1. The second kappa shape index (κ2) is 9.21. The molecule has 0 aromatic heterocycles. The molecule has 2 aromatic carbocycles. The van der Waals surface area contributed by atoms with Crippen molar-refractivity contribution in [2.24, 2.45) is 0 Å². The van der Waals surface area contributed by atoms with Gasteiger partial charge in [-0.2, -0.15) is 0 Å². The predicted molar refractivity (Wildman–Crippen MR) is 109 cm³/mol. The summed E-state index contributed by atoms with van der Waals surface area (Å²) in [6.45, 7) is 3.41. The molecule has 0 N–H and O–H groups in total. The van der Waals surface area contributed by atoms with Gasteiger partial charge in [0, 0.05) is 50.1 Å². The third-order valence-electron chi connectivity index (χ3n) is 4.82. The Kier molecular flexibility index (Phi) is 6.70. The van der Waals surface area contributed by atoms with Crippen molar-refractivity contribution in [3.8, 4) is 5.75 Å². The van der Waals surface area contributed by atoms with E-state index in [1.165, 1.54) is 6.26 Å². The Morgan fingerprint density at radius 3 is 2.29 bits per heavy atom. The number of rotatable bonds is 7. The van der Waals surface area contributed by atoms with Crippen molar-refractivity contribution >= 4 is 15.7 Å². The molecule has 0 unspecified atom stereocenters. The fraction of sp³-hybridized carbons (Fsp3) is 0.381. The van der Waals surface area contributed by atoms with E-state index in [1.54, 1.807) is 0 Å². The van der Waals surface area contributed by atoms with Crippen LogP contribution in [-0.4, -0.2) is 68.9 Å². The van der Waals surface area contributed by atoms with Gasteiger partial charge in [-0.3, -0.25) is 9.69 Å². The number of nitrogens with zero attached hydrogens (tertiary/aromatic N) is 2. The third-order valence-corrected chi connectivity index (χ3v) is 5.75. The number of benzene rings is 2. The monoisotopic (exact) mass is 402 g/mol. The van der Waals surface area contributed by atoms with E-state index in [4.69, 9.17) is 4.74 Å². The topological polar surface area (TPSA) is 66.9 Å². The highest BCUT2D eigenvalue weighted by Gasteiger charge is 2.24. The number of carbonyl (C=O) groups excluding carboxylic acids is 1. The lowest BCUT2D eigenvalue weighted by molar-refractivity contribution is 0.0641. The van der Waals surface area contributed by atoms with E-state index in [0.29, 0.717) is 44.9 Å². The fourth-order valence-electron chi connectivity index (χ4n) is 3.17. The third kappa shape index (κ3) is 5.81. The molecule has 1 amide bonds. The molecular formula is C21H26N2O4S. The number of ether oxygens (including phenoxy) is 1. The first-order valence-electron chi connectivity index (χ1n) is 9.37. The van der Waals surface area contributed by atoms with Gasteiger partial charge in [-0.1, -0.05) is 36.4 Å². The number of carbonyl (C=O) groups is 1. The lowest BCUT2D eigenvalue weighted by Crippen LogP contribution is -2.49. The fourth-order valence-corrected chi connectivity index (χ4v) is 3.76. The van der Waals surface area contributed by atoms with E-state index in [1.807, 2.05) is 59.5 Å². The average Bonchev–Trinajstić information content (AvgIpc) is 2.71. The zero-order chi connectivity index (χ0) is 20.0. The maximum Gasteiger partial charge on any atom is 0.254 e. The smallest absolute Gasteiger partial charge is 0.254 e. The molecule has 0 saturated carbocycles. The van der Waals surface area contributed by atoms with Gasteiger partial charge in [0.05, 0.1) is 5.75 Å². The summed E-state index contributed by atoms with van der Waals surface area (Å²) in [5.41, 5.74) is 1.51. The molecule has 1 saturated heterocycles. The summed E-state index contributed by atoms with van der Waals surface area (Å²) in [4.78, 5) is 16.9. The predicted octanol–water partition coefficient (Wildman–Crippen LogP) is 2.07. The first-order chi connectivity index (χ1) is 13.4. The minimum absolute atomic E-state index is 0.00461. The Hall–Kier alpha value is -2.38. The van der Waals surface area contributed by atoms with E-state index in [9.17, 15) is 13.2 Å². The summed E-state index contributed by atoms with van der Waals surface area (Å²) >= 11 is 0. The lowest BCUT2D eigenvalue weighted by Gasteiger charge is -2.35. The van der Waals surface area contributed by atoms with Crippen LogP contribution in [-0.2, 0) is 16.4 Å². The molecule has 2 aromatic rings. The van der Waals surface area contributed by atoms with Crippen LogP contribution in [0.1, 0.15) is 15.9 Å². The number of sulfone groups is 1. The molecule has 1 aliphatic rings. The lowest BCUT2D eigenvalue weighted by atomic mass is 10.1. The molecule has 3 rings (SSSR count). The molecule has 7 heteroatoms. The Labute approximate surface area is 166 Å². The number of para-hydroxylation sites is 1. The highest BCUT2D eigenvalue weighted by Crippen LogP contribution is 2.17. The Morgan fingerprint density at radius 2 is 1.61 bits per heavy atom. The summed E-state index contributed by atoms with van der Waals surface area (Å²) in [6.07, 6.45) is 1.25. The molecule has 0 aliphatic carbocycles. The minimum atomic E-state index is -2.97. The van der Waals surface area contributed by atoms with Crippen molar-refractivity contribution in [2.45, 2.75) is 6.61 Å². The van der Waals surface area contributed by atoms with Crippen LogP contribution in [0.5, 0.6) is 5.75 Å². The van der Waals surface area contributed by atoms with Gasteiger partial charge >= 0.3 is 0 Å². The highest BCUT2D eigenvalue weighted by molar-refractivity contribution is 7.90. The van der Waals surface area contributed by atoms with Gasteiger partial charge in [0.1, 0.15) is 22.2 Å². The number of amides is 1. The van der Waals surface area contributed by atoms with Gasteiger partial charge in [0.2, 0.25) is 0 Å². The highest BCUT2D eigenvalue weighted by atomic mass is 32.2. The second-order valence-electron chi connectivity index (χ2n) is 7.02. The van der Waals surface area contributed by atoms with Crippen LogP contribution < -0.4 is 4.74 Å². The van der Waals surface area contributed by atoms with Crippen molar-refractivity contribution in [3.63, 3.8) is 0 Å². The summed E-state index contributed by atoms with van der Waals surface area (Å²) in [6, 6.07) is 17.1. The van der Waals surface area contributed by atoms with Gasteiger partial charge in [-0.05, 0) is 18.2 Å². The van der Waals surface area contributed by atoms with Crippen LogP contribution >= 0.6 is 0 Å². The molecular weight excluding hydrogens is 376 g/mol. The SMILES string of the molecule is CS(=O)(=O)CCN1CCN(C(=O)c2ccccc2COc2ccccc2)CC1. The number of hydrogen-bond acceptors (Lipinski definition) is 5. The molecule has 0 bridgehead atoms. The van der Waals surface area contributed by atoms with Crippen LogP contribution in [0.2, 0.25) is 0 Å². The Bertz CT molecular complexity index is 892. The number of piperazine rings is 1. The van der Waals surface area contributed by atoms with Crippen LogP contribution in [0.4, 0.5) is 0 Å². The van der Waals surface area contributed by atoms with E-state index in [-0.39, 0.29) is 11.7 Å². The van der Waals surface area contributed by atoms with Gasteiger partial charge in [0.25, 0.3) is 5.91 Å². The molecule has 28 heavy (non-hydrogen) atoms. The van der Waals surface area contributed by atoms with Crippen molar-refractivity contribution < 1.29 is 17.9 Å². The van der Waals surface area contributed by atoms with Crippen molar-refractivity contribution in [3.05, 3.63) is 65.7 Å².